The Labute approximate surface area is 180 Å². The lowest BCUT2D eigenvalue weighted by Gasteiger charge is -2.19. The van der Waals surface area contributed by atoms with E-state index < -0.39 is 11.7 Å². The summed E-state index contributed by atoms with van der Waals surface area (Å²) < 4.78 is 6.99. The molecule has 158 valence electrons. The quantitative estimate of drug-likeness (QED) is 0.401. The largest absolute Gasteiger partial charge is 0.444 e. The second kappa shape index (κ2) is 7.98. The molecule has 0 saturated carbocycles. The fourth-order valence-electron chi connectivity index (χ4n) is 3.01. The van der Waals surface area contributed by atoms with Crippen molar-refractivity contribution in [3.63, 3.8) is 0 Å². The topological polar surface area (TPSA) is 107 Å². The van der Waals surface area contributed by atoms with Crippen molar-refractivity contribution in [1.82, 2.24) is 14.6 Å². The number of fused-ring (bicyclic) bond motifs is 1. The van der Waals surface area contributed by atoms with E-state index in [2.05, 4.69) is 20.7 Å². The second-order valence-corrected chi connectivity index (χ2v) is 8.07. The number of hydrogen-bond donors (Lipinski definition) is 3. The Kier molecular flexibility index (Phi) is 5.21. The molecule has 2 heterocycles. The molecule has 0 unspecified atom stereocenters. The first kappa shape index (κ1) is 20.2. The van der Waals surface area contributed by atoms with Crippen molar-refractivity contribution >= 4 is 34.8 Å². The van der Waals surface area contributed by atoms with Crippen LogP contribution >= 0.6 is 0 Å². The average molecular weight is 416 g/mol. The molecule has 8 heteroatoms. The summed E-state index contributed by atoms with van der Waals surface area (Å²) in [6.45, 7) is 5.48. The Hall–Kier alpha value is -4.07. The molecule has 0 bridgehead atoms. The third-order valence-corrected chi connectivity index (χ3v) is 4.40. The Bertz CT molecular complexity index is 1230. The zero-order valence-corrected chi connectivity index (χ0v) is 17.6. The molecule has 31 heavy (non-hydrogen) atoms. The molecule has 4 rings (SSSR count). The number of carbonyl (C=O) groups is 1. The van der Waals surface area contributed by atoms with E-state index >= 15 is 0 Å². The van der Waals surface area contributed by atoms with Gasteiger partial charge in [0.25, 0.3) is 0 Å². The standard InChI is InChI=1S/C23H24N6O2/c1-23(2,3)31-22(30)25-17-11-8-15(9-12-17)16-10-13-20-27-21(28-29(20)14-16)26-19-7-5-4-6-18(19)24/h4-14H,24H2,1-3H3,(H,25,30)(H,26,28). The summed E-state index contributed by atoms with van der Waals surface area (Å²) in [4.78, 5) is 16.4. The first-order valence-corrected chi connectivity index (χ1v) is 9.85. The monoisotopic (exact) mass is 416 g/mol. The maximum atomic E-state index is 11.9. The number of hydrogen-bond acceptors (Lipinski definition) is 6. The van der Waals surface area contributed by atoms with Crippen LogP contribution in [0.15, 0.2) is 66.9 Å². The molecule has 0 saturated heterocycles. The average Bonchev–Trinajstić information content (AvgIpc) is 3.10. The zero-order chi connectivity index (χ0) is 22.0. The maximum Gasteiger partial charge on any atom is 0.412 e. The molecule has 0 spiro atoms. The smallest absolute Gasteiger partial charge is 0.412 e. The lowest BCUT2D eigenvalue weighted by atomic mass is 10.1. The van der Waals surface area contributed by atoms with Crippen molar-refractivity contribution in [3.05, 3.63) is 66.9 Å². The molecular weight excluding hydrogens is 392 g/mol. The number of anilines is 4. The van der Waals surface area contributed by atoms with Crippen LogP contribution in [0.1, 0.15) is 20.8 Å². The number of ether oxygens (including phenoxy) is 1. The van der Waals surface area contributed by atoms with Crippen LogP contribution in [0, 0.1) is 0 Å². The van der Waals surface area contributed by atoms with E-state index in [4.69, 9.17) is 10.5 Å². The number of pyridine rings is 1. The summed E-state index contributed by atoms with van der Waals surface area (Å²) in [6, 6.07) is 18.8. The van der Waals surface area contributed by atoms with E-state index in [1.807, 2.05) is 87.6 Å². The van der Waals surface area contributed by atoms with Crippen molar-refractivity contribution in [2.45, 2.75) is 26.4 Å². The van der Waals surface area contributed by atoms with Crippen LogP contribution in [-0.2, 0) is 4.74 Å². The van der Waals surface area contributed by atoms with Crippen molar-refractivity contribution in [1.29, 1.82) is 0 Å². The van der Waals surface area contributed by atoms with Gasteiger partial charge in [0.15, 0.2) is 5.65 Å². The number of aromatic nitrogens is 3. The van der Waals surface area contributed by atoms with Crippen LogP contribution in [0.25, 0.3) is 16.8 Å². The Morgan fingerprint density at radius 1 is 1.00 bits per heavy atom. The molecule has 0 aliphatic carbocycles. The van der Waals surface area contributed by atoms with Gasteiger partial charge in [0.05, 0.1) is 11.4 Å². The van der Waals surface area contributed by atoms with Gasteiger partial charge in [-0.2, -0.15) is 4.98 Å². The molecular formula is C23H24N6O2. The predicted molar refractivity (Wildman–Crippen MR) is 122 cm³/mol. The van der Waals surface area contributed by atoms with E-state index in [-0.39, 0.29) is 0 Å². The van der Waals surface area contributed by atoms with Gasteiger partial charge in [-0.1, -0.05) is 24.3 Å². The van der Waals surface area contributed by atoms with Crippen LogP contribution < -0.4 is 16.4 Å². The van der Waals surface area contributed by atoms with Crippen LogP contribution in [-0.4, -0.2) is 26.3 Å². The van der Waals surface area contributed by atoms with Gasteiger partial charge < -0.3 is 15.8 Å². The Morgan fingerprint density at radius 3 is 2.42 bits per heavy atom. The SMILES string of the molecule is CC(C)(C)OC(=O)Nc1ccc(-c2ccc3nc(Nc4ccccc4N)nn3c2)cc1. The third kappa shape index (κ3) is 4.92. The van der Waals surface area contributed by atoms with Gasteiger partial charge in [-0.3, -0.25) is 5.32 Å². The minimum atomic E-state index is -0.544. The third-order valence-electron chi connectivity index (χ3n) is 4.40. The minimum absolute atomic E-state index is 0.465. The fourth-order valence-corrected chi connectivity index (χ4v) is 3.01. The van der Waals surface area contributed by atoms with Gasteiger partial charge in [0, 0.05) is 17.4 Å². The summed E-state index contributed by atoms with van der Waals surface area (Å²) in [5, 5.41) is 10.4. The van der Waals surface area contributed by atoms with E-state index in [0.717, 1.165) is 16.8 Å². The van der Waals surface area contributed by atoms with E-state index in [1.165, 1.54) is 0 Å². The number of nitrogen functional groups attached to an aromatic ring is 1. The normalized spacial score (nSPS) is 11.3. The molecule has 0 aliphatic rings. The maximum absolute atomic E-state index is 11.9. The molecule has 2 aromatic carbocycles. The zero-order valence-electron chi connectivity index (χ0n) is 17.6. The van der Waals surface area contributed by atoms with Crippen LogP contribution in [0.3, 0.4) is 0 Å². The molecule has 0 atom stereocenters. The summed E-state index contributed by atoms with van der Waals surface area (Å²) in [5.41, 5.74) is 10.1. The van der Waals surface area contributed by atoms with Gasteiger partial charge in [0.1, 0.15) is 5.60 Å². The summed E-state index contributed by atoms with van der Waals surface area (Å²) in [5.74, 6) is 0.465. The van der Waals surface area contributed by atoms with Crippen molar-refractivity contribution < 1.29 is 9.53 Å². The summed E-state index contributed by atoms with van der Waals surface area (Å²) in [6.07, 6.45) is 1.42. The number of rotatable bonds is 4. The number of nitrogens with one attached hydrogen (secondary N) is 2. The Balaban J connectivity index is 1.50. The fraction of sp³-hybridized carbons (Fsp3) is 0.174. The first-order valence-electron chi connectivity index (χ1n) is 9.85. The Morgan fingerprint density at radius 2 is 1.71 bits per heavy atom. The highest BCUT2D eigenvalue weighted by Gasteiger charge is 2.16. The van der Waals surface area contributed by atoms with Gasteiger partial charge in [0.2, 0.25) is 5.95 Å². The summed E-state index contributed by atoms with van der Waals surface area (Å²) >= 11 is 0. The van der Waals surface area contributed by atoms with E-state index in [1.54, 1.807) is 4.52 Å². The minimum Gasteiger partial charge on any atom is -0.444 e. The van der Waals surface area contributed by atoms with E-state index in [0.29, 0.717) is 23.0 Å². The molecule has 0 aliphatic heterocycles. The molecule has 2 aromatic heterocycles. The number of nitrogens with zero attached hydrogens (tertiary/aromatic N) is 3. The van der Waals surface area contributed by atoms with Crippen molar-refractivity contribution in [2.75, 3.05) is 16.4 Å². The van der Waals surface area contributed by atoms with Crippen molar-refractivity contribution in [2.24, 2.45) is 0 Å². The number of para-hydroxylation sites is 2. The van der Waals surface area contributed by atoms with Crippen LogP contribution in [0.2, 0.25) is 0 Å². The van der Waals surface area contributed by atoms with Gasteiger partial charge >= 0.3 is 6.09 Å². The highest BCUT2D eigenvalue weighted by molar-refractivity contribution is 5.85. The van der Waals surface area contributed by atoms with Crippen molar-refractivity contribution in [3.8, 4) is 11.1 Å². The van der Waals surface area contributed by atoms with Crippen LogP contribution in [0.5, 0.6) is 0 Å². The molecule has 4 N–H and O–H groups in total. The lowest BCUT2D eigenvalue weighted by molar-refractivity contribution is 0.0636. The number of nitrogens with two attached hydrogens (primary N) is 1. The molecule has 1 amide bonds. The number of benzene rings is 2. The molecule has 0 radical (unpaired) electrons. The highest BCUT2D eigenvalue weighted by atomic mass is 16.6. The van der Waals surface area contributed by atoms with Gasteiger partial charge in [-0.15, -0.1) is 5.10 Å². The number of amides is 1. The molecule has 8 nitrogen and oxygen atoms in total. The van der Waals surface area contributed by atoms with Gasteiger partial charge in [-0.05, 0) is 62.7 Å². The predicted octanol–water partition coefficient (Wildman–Crippen LogP) is 5.07. The highest BCUT2D eigenvalue weighted by Crippen LogP contribution is 2.24. The first-order chi connectivity index (χ1) is 14.8. The molecule has 4 aromatic rings. The number of carbonyl (C=O) groups excluding carboxylic acids is 1. The summed E-state index contributed by atoms with van der Waals surface area (Å²) in [7, 11) is 0. The van der Waals surface area contributed by atoms with Gasteiger partial charge in [-0.25, -0.2) is 9.31 Å². The lowest BCUT2D eigenvalue weighted by Crippen LogP contribution is -2.27. The van der Waals surface area contributed by atoms with Crippen LogP contribution in [0.4, 0.5) is 27.8 Å². The molecule has 0 fully saturated rings. The van der Waals surface area contributed by atoms with E-state index in [9.17, 15) is 4.79 Å². The second-order valence-electron chi connectivity index (χ2n) is 8.07.